The second kappa shape index (κ2) is 7.15. The summed E-state index contributed by atoms with van der Waals surface area (Å²) < 4.78 is 10.5. The minimum atomic E-state index is -0.173. The highest BCUT2D eigenvalue weighted by Crippen LogP contribution is 2.32. The highest BCUT2D eigenvalue weighted by atomic mass is 16.7. The van der Waals surface area contributed by atoms with Gasteiger partial charge in [0.05, 0.1) is 6.54 Å². The van der Waals surface area contributed by atoms with E-state index in [1.54, 1.807) is 4.90 Å². The van der Waals surface area contributed by atoms with Gasteiger partial charge in [0.25, 0.3) is 0 Å². The molecular weight excluding hydrogens is 284 g/mol. The summed E-state index contributed by atoms with van der Waals surface area (Å²) in [5, 5.41) is 2.83. The number of nitrogens with one attached hydrogen (secondary N) is 1. The molecule has 1 heterocycles. The number of rotatable bonds is 6. The van der Waals surface area contributed by atoms with Crippen molar-refractivity contribution in [2.75, 3.05) is 13.3 Å². The van der Waals surface area contributed by atoms with E-state index < -0.39 is 0 Å². The standard InChI is InChI=1S/C16H22N2O4/c1-4-11(2)18(12(3)19)9-16(20)17-8-13-5-6-14-15(7-13)22-10-21-14/h5-7,11H,4,8-10H2,1-3H3,(H,17,20). The second-order valence-electron chi connectivity index (χ2n) is 5.37. The van der Waals surface area contributed by atoms with Gasteiger partial charge in [-0.2, -0.15) is 0 Å². The van der Waals surface area contributed by atoms with E-state index in [1.165, 1.54) is 6.92 Å². The highest BCUT2D eigenvalue weighted by molar-refractivity contribution is 5.83. The quantitative estimate of drug-likeness (QED) is 0.868. The van der Waals surface area contributed by atoms with Crippen LogP contribution in [0.3, 0.4) is 0 Å². The summed E-state index contributed by atoms with van der Waals surface area (Å²) in [5.74, 6) is 1.15. The number of carbonyl (C=O) groups is 2. The molecule has 0 saturated carbocycles. The molecule has 0 aromatic heterocycles. The lowest BCUT2D eigenvalue weighted by Crippen LogP contribution is -2.44. The summed E-state index contributed by atoms with van der Waals surface area (Å²) >= 11 is 0. The SMILES string of the molecule is CCC(C)N(CC(=O)NCc1ccc2c(c1)OCO2)C(C)=O. The zero-order valence-corrected chi connectivity index (χ0v) is 13.2. The van der Waals surface area contributed by atoms with E-state index in [1.807, 2.05) is 32.0 Å². The fraction of sp³-hybridized carbons (Fsp3) is 0.500. The van der Waals surface area contributed by atoms with Crippen molar-refractivity contribution >= 4 is 11.8 Å². The molecule has 2 rings (SSSR count). The van der Waals surface area contributed by atoms with Crippen molar-refractivity contribution in [2.24, 2.45) is 0 Å². The van der Waals surface area contributed by atoms with Crippen LogP contribution < -0.4 is 14.8 Å². The summed E-state index contributed by atoms with van der Waals surface area (Å²) in [7, 11) is 0. The van der Waals surface area contributed by atoms with E-state index in [-0.39, 0.29) is 31.2 Å². The molecule has 1 N–H and O–H groups in total. The van der Waals surface area contributed by atoms with Crippen LogP contribution >= 0.6 is 0 Å². The number of benzene rings is 1. The summed E-state index contributed by atoms with van der Waals surface area (Å²) in [6.45, 7) is 6.11. The Kier molecular flexibility index (Phi) is 5.25. The fourth-order valence-corrected chi connectivity index (χ4v) is 2.26. The summed E-state index contributed by atoms with van der Waals surface area (Å²) in [5.41, 5.74) is 0.926. The molecule has 0 aliphatic carbocycles. The Morgan fingerprint density at radius 3 is 2.73 bits per heavy atom. The zero-order chi connectivity index (χ0) is 16.1. The molecule has 2 amide bonds. The smallest absolute Gasteiger partial charge is 0.239 e. The number of fused-ring (bicyclic) bond motifs is 1. The average molecular weight is 306 g/mol. The maximum absolute atomic E-state index is 12.0. The van der Waals surface area contributed by atoms with Gasteiger partial charge in [-0.1, -0.05) is 13.0 Å². The van der Waals surface area contributed by atoms with E-state index >= 15 is 0 Å². The first-order chi connectivity index (χ1) is 10.5. The Morgan fingerprint density at radius 1 is 1.32 bits per heavy atom. The van der Waals surface area contributed by atoms with Gasteiger partial charge < -0.3 is 19.7 Å². The molecule has 22 heavy (non-hydrogen) atoms. The maximum Gasteiger partial charge on any atom is 0.239 e. The van der Waals surface area contributed by atoms with Crippen LogP contribution in [-0.4, -0.2) is 36.1 Å². The largest absolute Gasteiger partial charge is 0.454 e. The molecule has 1 unspecified atom stereocenters. The Balaban J connectivity index is 1.88. The molecule has 0 fully saturated rings. The molecule has 1 aromatic carbocycles. The van der Waals surface area contributed by atoms with Crippen molar-refractivity contribution in [3.05, 3.63) is 23.8 Å². The van der Waals surface area contributed by atoms with Crippen molar-refractivity contribution in [1.82, 2.24) is 10.2 Å². The third-order valence-electron chi connectivity index (χ3n) is 3.77. The summed E-state index contributed by atoms with van der Waals surface area (Å²) in [6.07, 6.45) is 0.815. The number of nitrogens with zero attached hydrogens (tertiary/aromatic N) is 1. The Bertz CT molecular complexity index is 559. The predicted octanol–water partition coefficient (Wildman–Crippen LogP) is 1.68. The van der Waals surface area contributed by atoms with Gasteiger partial charge in [0.1, 0.15) is 0 Å². The Hall–Kier alpha value is -2.24. The molecule has 6 heteroatoms. The van der Waals surface area contributed by atoms with Gasteiger partial charge in [-0.25, -0.2) is 0 Å². The molecule has 0 spiro atoms. The topological polar surface area (TPSA) is 67.9 Å². The molecule has 1 atom stereocenters. The second-order valence-corrected chi connectivity index (χ2v) is 5.37. The molecule has 0 radical (unpaired) electrons. The molecule has 0 saturated heterocycles. The Morgan fingerprint density at radius 2 is 2.05 bits per heavy atom. The molecule has 1 aliphatic heterocycles. The van der Waals surface area contributed by atoms with Gasteiger partial charge >= 0.3 is 0 Å². The number of carbonyl (C=O) groups excluding carboxylic acids is 2. The van der Waals surface area contributed by atoms with Crippen LogP contribution in [0.4, 0.5) is 0 Å². The van der Waals surface area contributed by atoms with Crippen LogP contribution in [0.1, 0.15) is 32.8 Å². The lowest BCUT2D eigenvalue weighted by molar-refractivity contribution is -0.136. The third kappa shape index (κ3) is 3.90. The van der Waals surface area contributed by atoms with Crippen molar-refractivity contribution < 1.29 is 19.1 Å². The predicted molar refractivity (Wildman–Crippen MR) is 81.6 cm³/mol. The fourth-order valence-electron chi connectivity index (χ4n) is 2.26. The van der Waals surface area contributed by atoms with Crippen LogP contribution in [0, 0.1) is 0 Å². The lowest BCUT2D eigenvalue weighted by Gasteiger charge is -2.26. The first-order valence-electron chi connectivity index (χ1n) is 7.43. The number of amides is 2. The monoisotopic (exact) mass is 306 g/mol. The van der Waals surface area contributed by atoms with E-state index in [9.17, 15) is 9.59 Å². The van der Waals surface area contributed by atoms with Gasteiger partial charge in [-0.3, -0.25) is 9.59 Å². The highest BCUT2D eigenvalue weighted by Gasteiger charge is 2.18. The average Bonchev–Trinajstić information content (AvgIpc) is 2.97. The first kappa shape index (κ1) is 16.1. The molecule has 6 nitrogen and oxygen atoms in total. The van der Waals surface area contributed by atoms with E-state index in [2.05, 4.69) is 5.32 Å². The van der Waals surface area contributed by atoms with Gasteiger partial charge in [-0.15, -0.1) is 0 Å². The van der Waals surface area contributed by atoms with Crippen molar-refractivity contribution in [3.63, 3.8) is 0 Å². The molecule has 120 valence electrons. The number of hydrogen-bond donors (Lipinski definition) is 1. The van der Waals surface area contributed by atoms with Gasteiger partial charge in [0.15, 0.2) is 11.5 Å². The summed E-state index contributed by atoms with van der Waals surface area (Å²) in [6, 6.07) is 5.60. The minimum absolute atomic E-state index is 0.0498. The van der Waals surface area contributed by atoms with Crippen LogP contribution in [0.25, 0.3) is 0 Å². The Labute approximate surface area is 130 Å². The van der Waals surface area contributed by atoms with Gasteiger partial charge in [0, 0.05) is 19.5 Å². The van der Waals surface area contributed by atoms with Crippen LogP contribution in [0.5, 0.6) is 11.5 Å². The van der Waals surface area contributed by atoms with Gasteiger partial charge in [0.2, 0.25) is 18.6 Å². The molecule has 1 aromatic rings. The normalized spacial score (nSPS) is 13.6. The van der Waals surface area contributed by atoms with E-state index in [4.69, 9.17) is 9.47 Å². The molecule has 1 aliphatic rings. The van der Waals surface area contributed by atoms with Crippen molar-refractivity contribution in [3.8, 4) is 11.5 Å². The zero-order valence-electron chi connectivity index (χ0n) is 13.2. The molecular formula is C16H22N2O4. The maximum atomic E-state index is 12.0. The van der Waals surface area contributed by atoms with Crippen molar-refractivity contribution in [1.29, 1.82) is 0 Å². The van der Waals surface area contributed by atoms with E-state index in [0.29, 0.717) is 12.3 Å². The number of ether oxygens (including phenoxy) is 2. The van der Waals surface area contributed by atoms with Crippen molar-refractivity contribution in [2.45, 2.75) is 39.8 Å². The number of hydrogen-bond acceptors (Lipinski definition) is 4. The van der Waals surface area contributed by atoms with Crippen LogP contribution in [0.2, 0.25) is 0 Å². The van der Waals surface area contributed by atoms with Crippen LogP contribution in [0.15, 0.2) is 18.2 Å². The lowest BCUT2D eigenvalue weighted by atomic mass is 10.2. The van der Waals surface area contributed by atoms with E-state index in [0.717, 1.165) is 17.7 Å². The van der Waals surface area contributed by atoms with Crippen LogP contribution in [-0.2, 0) is 16.1 Å². The minimum Gasteiger partial charge on any atom is -0.454 e. The first-order valence-corrected chi connectivity index (χ1v) is 7.43. The summed E-state index contributed by atoms with van der Waals surface area (Å²) in [4.78, 5) is 25.2. The third-order valence-corrected chi connectivity index (χ3v) is 3.77. The molecule has 0 bridgehead atoms. The van der Waals surface area contributed by atoms with Gasteiger partial charge in [-0.05, 0) is 31.0 Å².